The van der Waals surface area contributed by atoms with Crippen LogP contribution in [0.3, 0.4) is 0 Å². The number of fused-ring (bicyclic) bond motifs is 5. The molecule has 1 spiro atoms. The third-order valence-corrected chi connectivity index (χ3v) is 8.81. The molecule has 8 heteroatoms. The number of aryl methyl sites for hydroxylation is 2. The summed E-state index contributed by atoms with van der Waals surface area (Å²) in [5, 5.41) is 7.62. The minimum atomic E-state index is -1.38. The Balaban J connectivity index is 1.38. The Morgan fingerprint density at radius 3 is 2.48 bits per heavy atom. The van der Waals surface area contributed by atoms with E-state index in [1.54, 1.807) is 24.3 Å². The van der Waals surface area contributed by atoms with Gasteiger partial charge in [-0.25, -0.2) is 4.90 Å². The standard InChI is InChI=1S/C32H28N4O4/c1-16-12-17(2)28-23(13-16)32(31(40)34-28)27-26(25(35-32)14-20-15-33-24-7-5-4-6-22(20)24)29(38)36(30(27)39)21-10-8-19(9-11-21)18(3)37/h4-13,15,25-27,33,35H,14H2,1-3H3,(H,34,40). The molecule has 3 aliphatic heterocycles. The van der Waals surface area contributed by atoms with Gasteiger partial charge in [-0.3, -0.25) is 24.5 Å². The first-order valence-electron chi connectivity index (χ1n) is 13.5. The first-order valence-corrected chi connectivity index (χ1v) is 13.5. The summed E-state index contributed by atoms with van der Waals surface area (Å²) in [6.07, 6.45) is 2.39. The summed E-state index contributed by atoms with van der Waals surface area (Å²) in [7, 11) is 0. The van der Waals surface area contributed by atoms with Crippen molar-refractivity contribution in [3.05, 3.63) is 94.7 Å². The van der Waals surface area contributed by atoms with Gasteiger partial charge in [0.15, 0.2) is 5.78 Å². The SMILES string of the molecule is CC(=O)c1ccc(N2C(=O)C3C(Cc4c[nH]c5ccccc45)NC4(C(=O)Nc5c(C)cc(C)cc54)C3C2=O)cc1. The average Bonchev–Trinajstić information content (AvgIpc) is 3.64. The van der Waals surface area contributed by atoms with E-state index in [1.165, 1.54) is 11.8 Å². The lowest BCUT2D eigenvalue weighted by Crippen LogP contribution is -2.53. The first kappa shape index (κ1) is 24.5. The Morgan fingerprint density at radius 2 is 1.73 bits per heavy atom. The largest absolute Gasteiger partial charge is 0.361 e. The van der Waals surface area contributed by atoms with Crippen molar-refractivity contribution in [2.45, 2.75) is 38.8 Å². The third kappa shape index (κ3) is 3.23. The van der Waals surface area contributed by atoms with E-state index in [0.29, 0.717) is 28.9 Å². The number of rotatable bonds is 4. The van der Waals surface area contributed by atoms with Crippen LogP contribution >= 0.6 is 0 Å². The van der Waals surface area contributed by atoms with Gasteiger partial charge in [0.05, 0.1) is 17.5 Å². The van der Waals surface area contributed by atoms with Crippen LogP contribution in [0.25, 0.3) is 10.9 Å². The number of para-hydroxylation sites is 1. The molecule has 40 heavy (non-hydrogen) atoms. The fraction of sp³-hybridized carbons (Fsp3) is 0.250. The molecule has 0 aliphatic carbocycles. The highest BCUT2D eigenvalue weighted by Crippen LogP contribution is 2.54. The highest BCUT2D eigenvalue weighted by Gasteiger charge is 2.70. The topological polar surface area (TPSA) is 111 Å². The van der Waals surface area contributed by atoms with Crippen molar-refractivity contribution >= 4 is 45.8 Å². The molecule has 3 amide bonds. The average molecular weight is 533 g/mol. The smallest absolute Gasteiger partial charge is 0.250 e. The van der Waals surface area contributed by atoms with Gasteiger partial charge in [-0.15, -0.1) is 0 Å². The van der Waals surface area contributed by atoms with Crippen molar-refractivity contribution in [1.82, 2.24) is 10.3 Å². The number of Topliss-reactive ketones (excluding diaryl/α,β-unsaturated/α-hetero) is 1. The van der Waals surface area contributed by atoms with Gasteiger partial charge in [-0.1, -0.05) is 35.9 Å². The van der Waals surface area contributed by atoms with Gasteiger partial charge in [0.1, 0.15) is 5.54 Å². The Bertz CT molecular complexity index is 1770. The highest BCUT2D eigenvalue weighted by molar-refractivity contribution is 6.26. The van der Waals surface area contributed by atoms with Crippen LogP contribution < -0.4 is 15.5 Å². The number of amides is 3. The van der Waals surface area contributed by atoms with Gasteiger partial charge in [0.2, 0.25) is 17.7 Å². The number of aromatic nitrogens is 1. The number of nitrogens with zero attached hydrogens (tertiary/aromatic N) is 1. The molecule has 0 bridgehead atoms. The van der Waals surface area contributed by atoms with E-state index in [1.807, 2.05) is 56.4 Å². The summed E-state index contributed by atoms with van der Waals surface area (Å²) in [5.41, 5.74) is 4.79. The zero-order valence-electron chi connectivity index (χ0n) is 22.4. The Labute approximate surface area is 230 Å². The molecule has 3 aliphatic rings. The van der Waals surface area contributed by atoms with E-state index in [2.05, 4.69) is 15.6 Å². The van der Waals surface area contributed by atoms with Crippen molar-refractivity contribution in [3.63, 3.8) is 0 Å². The van der Waals surface area contributed by atoms with Crippen LogP contribution in [0.4, 0.5) is 11.4 Å². The summed E-state index contributed by atoms with van der Waals surface area (Å²) in [6, 6.07) is 17.9. The number of carbonyl (C=O) groups excluding carboxylic acids is 4. The predicted molar refractivity (Wildman–Crippen MR) is 151 cm³/mol. The van der Waals surface area contributed by atoms with Gasteiger partial charge in [0, 0.05) is 40.0 Å². The molecule has 1 aromatic heterocycles. The first-order chi connectivity index (χ1) is 19.2. The van der Waals surface area contributed by atoms with Gasteiger partial charge < -0.3 is 10.3 Å². The number of imide groups is 1. The van der Waals surface area contributed by atoms with Crippen LogP contribution in [0.5, 0.6) is 0 Å². The fourth-order valence-electron chi connectivity index (χ4n) is 7.07. The van der Waals surface area contributed by atoms with Crippen molar-refractivity contribution in [3.8, 4) is 0 Å². The predicted octanol–water partition coefficient (Wildman–Crippen LogP) is 4.16. The number of carbonyl (C=O) groups is 4. The molecule has 4 atom stereocenters. The summed E-state index contributed by atoms with van der Waals surface area (Å²) < 4.78 is 0. The van der Waals surface area contributed by atoms with Crippen LogP contribution in [0.2, 0.25) is 0 Å². The fourth-order valence-corrected chi connectivity index (χ4v) is 7.07. The van der Waals surface area contributed by atoms with Gasteiger partial charge in [-0.05, 0) is 68.7 Å². The van der Waals surface area contributed by atoms with Crippen LogP contribution in [0.15, 0.2) is 66.9 Å². The van der Waals surface area contributed by atoms with Crippen LogP contribution in [0.1, 0.15) is 39.5 Å². The molecule has 8 nitrogen and oxygen atoms in total. The summed E-state index contributed by atoms with van der Waals surface area (Å²) in [5.74, 6) is -2.86. The molecule has 0 saturated carbocycles. The number of aromatic amines is 1. The minimum absolute atomic E-state index is 0.102. The Hall–Kier alpha value is -4.56. The van der Waals surface area contributed by atoms with Crippen molar-refractivity contribution in [2.24, 2.45) is 11.8 Å². The molecule has 3 aromatic carbocycles. The van der Waals surface area contributed by atoms with Gasteiger partial charge >= 0.3 is 0 Å². The normalized spacial score (nSPS) is 25.1. The van der Waals surface area contributed by atoms with E-state index >= 15 is 0 Å². The van der Waals surface area contributed by atoms with Gasteiger partial charge in [-0.2, -0.15) is 0 Å². The second kappa shape index (κ2) is 8.47. The number of anilines is 2. The molecule has 3 N–H and O–H groups in total. The van der Waals surface area contributed by atoms with E-state index in [4.69, 9.17) is 0 Å². The molecular weight excluding hydrogens is 504 g/mol. The molecule has 2 fully saturated rings. The van der Waals surface area contributed by atoms with E-state index in [-0.39, 0.29) is 17.6 Å². The number of ketones is 1. The second-order valence-electron chi connectivity index (χ2n) is 11.2. The van der Waals surface area contributed by atoms with Crippen molar-refractivity contribution in [1.29, 1.82) is 0 Å². The summed E-state index contributed by atoms with van der Waals surface area (Å²) in [6.45, 7) is 5.37. The number of nitrogens with one attached hydrogen (secondary N) is 3. The lowest BCUT2D eigenvalue weighted by molar-refractivity contribution is -0.130. The third-order valence-electron chi connectivity index (χ3n) is 8.81. The van der Waals surface area contributed by atoms with Gasteiger partial charge in [0.25, 0.3) is 0 Å². The molecule has 4 heterocycles. The molecule has 0 radical (unpaired) electrons. The number of hydrogen-bond donors (Lipinski definition) is 3. The lowest BCUT2D eigenvalue weighted by Gasteiger charge is -2.30. The Kier molecular flexibility index (Phi) is 5.18. The molecule has 4 unspecified atom stereocenters. The second-order valence-corrected chi connectivity index (χ2v) is 11.2. The van der Waals surface area contributed by atoms with Crippen molar-refractivity contribution < 1.29 is 19.2 Å². The molecular formula is C32H28N4O4. The summed E-state index contributed by atoms with van der Waals surface area (Å²) >= 11 is 0. The molecule has 200 valence electrons. The zero-order valence-corrected chi connectivity index (χ0v) is 22.4. The molecule has 7 rings (SSSR count). The molecule has 4 aromatic rings. The number of benzene rings is 3. The maximum Gasteiger partial charge on any atom is 0.250 e. The van der Waals surface area contributed by atoms with Crippen molar-refractivity contribution in [2.75, 3.05) is 10.2 Å². The highest BCUT2D eigenvalue weighted by atomic mass is 16.2. The van der Waals surface area contributed by atoms with Crippen LogP contribution in [0, 0.1) is 25.7 Å². The number of hydrogen-bond acceptors (Lipinski definition) is 5. The zero-order chi connectivity index (χ0) is 27.9. The Morgan fingerprint density at radius 1 is 0.975 bits per heavy atom. The van der Waals surface area contributed by atoms with Crippen LogP contribution in [-0.2, 0) is 26.3 Å². The maximum atomic E-state index is 14.3. The van der Waals surface area contributed by atoms with E-state index in [0.717, 1.165) is 27.6 Å². The monoisotopic (exact) mass is 532 g/mol. The maximum absolute atomic E-state index is 14.3. The van der Waals surface area contributed by atoms with E-state index in [9.17, 15) is 19.2 Å². The minimum Gasteiger partial charge on any atom is -0.361 e. The van der Waals surface area contributed by atoms with E-state index < -0.39 is 29.3 Å². The lowest BCUT2D eigenvalue weighted by atomic mass is 9.75. The summed E-state index contributed by atoms with van der Waals surface area (Å²) in [4.78, 5) is 58.7. The number of H-pyrrole nitrogens is 1. The molecule has 2 saturated heterocycles. The quantitative estimate of drug-likeness (QED) is 0.270. The van der Waals surface area contributed by atoms with Crippen LogP contribution in [-0.4, -0.2) is 34.5 Å².